The average Bonchev–Trinajstić information content (AvgIpc) is 2.13. The Labute approximate surface area is 99.9 Å². The number of aliphatic hydroxyl groups excluding tert-OH is 1. The van der Waals surface area contributed by atoms with Gasteiger partial charge in [0.25, 0.3) is 0 Å². The summed E-state index contributed by atoms with van der Waals surface area (Å²) in [7, 11) is 0. The summed E-state index contributed by atoms with van der Waals surface area (Å²) in [5.74, 6) is 0. The molecule has 0 saturated heterocycles. The molecule has 0 aliphatic rings. The van der Waals surface area contributed by atoms with Crippen molar-refractivity contribution in [3.05, 3.63) is 0 Å². The topological polar surface area (TPSA) is 55.5 Å². The summed E-state index contributed by atoms with van der Waals surface area (Å²) in [5.41, 5.74) is 4.41. The van der Waals surface area contributed by atoms with E-state index in [-0.39, 0.29) is 12.8 Å². The fourth-order valence-electron chi connectivity index (χ4n) is 1.13. The van der Waals surface area contributed by atoms with Crippen molar-refractivity contribution in [1.29, 1.82) is 0 Å². The predicted octanol–water partition coefficient (Wildman–Crippen LogP) is 1.99. The van der Waals surface area contributed by atoms with Crippen LogP contribution in [-0.4, -0.2) is 42.3 Å². The van der Waals surface area contributed by atoms with E-state index in [0.29, 0.717) is 0 Å². The monoisotopic (exact) mass is 283 g/mol. The van der Waals surface area contributed by atoms with E-state index in [1.807, 2.05) is 0 Å². The summed E-state index contributed by atoms with van der Waals surface area (Å²) in [6.45, 7) is 0.267. The molecule has 3 nitrogen and oxygen atoms in total. The second-order valence-electron chi connectivity index (χ2n) is 4.25. The van der Waals surface area contributed by atoms with E-state index in [1.165, 1.54) is 6.92 Å². The Morgan fingerprint density at radius 2 is 1.56 bits per heavy atom. The molecule has 0 heterocycles. The number of hydrogen-bond donors (Lipinski definition) is 2. The van der Waals surface area contributed by atoms with Crippen LogP contribution in [0.15, 0.2) is 0 Å². The lowest BCUT2D eigenvalue weighted by Gasteiger charge is -2.25. The van der Waals surface area contributed by atoms with Gasteiger partial charge in [0.2, 0.25) is 6.10 Å². The normalized spacial score (nSPS) is 17.0. The van der Waals surface area contributed by atoms with Crippen molar-refractivity contribution >= 4 is 0 Å². The number of halogens is 6. The Kier molecular flexibility index (Phi) is 5.89. The summed E-state index contributed by atoms with van der Waals surface area (Å²) >= 11 is 0. The number of alkyl halides is 6. The molecule has 0 rings (SSSR count). The highest BCUT2D eigenvalue weighted by Crippen LogP contribution is 2.35. The molecule has 0 saturated carbocycles. The third-order valence-corrected chi connectivity index (χ3v) is 2.13. The zero-order valence-corrected chi connectivity index (χ0v) is 9.61. The molecular weight excluding hydrogens is 268 g/mol. The molecule has 1 unspecified atom stereocenters. The lowest BCUT2D eigenvalue weighted by molar-refractivity contribution is -0.321. The number of aliphatic hydroxyl groups is 1. The van der Waals surface area contributed by atoms with Crippen molar-refractivity contribution in [1.82, 2.24) is 0 Å². The highest BCUT2D eigenvalue weighted by atomic mass is 19.4. The number of ether oxygens (including phenoxy) is 1. The van der Waals surface area contributed by atoms with Gasteiger partial charge in [0.15, 0.2) is 0 Å². The van der Waals surface area contributed by atoms with Crippen molar-refractivity contribution in [2.24, 2.45) is 5.73 Å². The molecule has 0 spiro atoms. The minimum Gasteiger partial charge on any atom is -0.394 e. The van der Waals surface area contributed by atoms with Crippen LogP contribution in [-0.2, 0) is 4.74 Å². The first-order chi connectivity index (χ1) is 7.90. The van der Waals surface area contributed by atoms with E-state index in [2.05, 4.69) is 4.74 Å². The van der Waals surface area contributed by atoms with E-state index < -0.39 is 37.2 Å². The van der Waals surface area contributed by atoms with Gasteiger partial charge in [0, 0.05) is 12.1 Å². The van der Waals surface area contributed by atoms with Crippen LogP contribution in [0.25, 0.3) is 0 Å². The molecule has 1 atom stereocenters. The van der Waals surface area contributed by atoms with E-state index in [9.17, 15) is 26.3 Å². The number of hydrogen-bond acceptors (Lipinski definition) is 3. The highest BCUT2D eigenvalue weighted by Gasteiger charge is 2.57. The van der Waals surface area contributed by atoms with Gasteiger partial charge in [0.1, 0.15) is 0 Å². The van der Waals surface area contributed by atoms with Gasteiger partial charge >= 0.3 is 12.4 Å². The Morgan fingerprint density at radius 1 is 1.11 bits per heavy atom. The summed E-state index contributed by atoms with van der Waals surface area (Å²) in [6.07, 6.45) is -14.9. The molecule has 0 aromatic rings. The van der Waals surface area contributed by atoms with Crippen molar-refractivity contribution in [2.75, 3.05) is 13.2 Å². The first-order valence-corrected chi connectivity index (χ1v) is 5.05. The number of nitrogens with two attached hydrogens (primary N) is 1. The lowest BCUT2D eigenvalue weighted by atomic mass is 9.99. The molecule has 110 valence electrons. The molecule has 3 N–H and O–H groups in total. The Balaban J connectivity index is 4.24. The van der Waals surface area contributed by atoms with Crippen molar-refractivity contribution in [3.63, 3.8) is 0 Å². The van der Waals surface area contributed by atoms with Crippen LogP contribution >= 0.6 is 0 Å². The SMILES string of the molecule is CC(N)(CO)CCCOC(C(F)(F)F)C(F)(F)F. The van der Waals surface area contributed by atoms with E-state index in [0.717, 1.165) is 0 Å². The molecule has 0 aliphatic carbocycles. The van der Waals surface area contributed by atoms with Gasteiger partial charge in [-0.3, -0.25) is 0 Å². The van der Waals surface area contributed by atoms with Crippen molar-refractivity contribution in [3.8, 4) is 0 Å². The fraction of sp³-hybridized carbons (Fsp3) is 1.00. The second kappa shape index (κ2) is 6.07. The van der Waals surface area contributed by atoms with Gasteiger partial charge in [-0.2, -0.15) is 26.3 Å². The summed E-state index contributed by atoms with van der Waals surface area (Å²) in [5, 5.41) is 8.74. The van der Waals surface area contributed by atoms with E-state index in [1.54, 1.807) is 0 Å². The molecule has 18 heavy (non-hydrogen) atoms. The van der Waals surface area contributed by atoms with E-state index >= 15 is 0 Å². The summed E-state index contributed by atoms with van der Waals surface area (Å²) in [6, 6.07) is 0. The zero-order chi connectivity index (χ0) is 14.6. The van der Waals surface area contributed by atoms with Crippen molar-refractivity contribution < 1.29 is 36.2 Å². The number of rotatable bonds is 6. The Hall–Kier alpha value is -0.540. The van der Waals surface area contributed by atoms with Gasteiger partial charge in [-0.1, -0.05) is 0 Å². The summed E-state index contributed by atoms with van der Waals surface area (Å²) in [4.78, 5) is 0. The Morgan fingerprint density at radius 3 is 1.89 bits per heavy atom. The van der Waals surface area contributed by atoms with Crippen LogP contribution in [0.4, 0.5) is 26.3 Å². The highest BCUT2D eigenvalue weighted by molar-refractivity contribution is 4.78. The van der Waals surface area contributed by atoms with Crippen LogP contribution in [0.2, 0.25) is 0 Å². The quantitative estimate of drug-likeness (QED) is 0.579. The first-order valence-electron chi connectivity index (χ1n) is 5.05. The van der Waals surface area contributed by atoms with Crippen LogP contribution in [0.3, 0.4) is 0 Å². The molecule has 0 bridgehead atoms. The van der Waals surface area contributed by atoms with E-state index in [4.69, 9.17) is 10.8 Å². The molecule has 0 aromatic carbocycles. The van der Waals surface area contributed by atoms with Crippen LogP contribution < -0.4 is 5.73 Å². The van der Waals surface area contributed by atoms with Crippen molar-refractivity contribution in [2.45, 2.75) is 43.8 Å². The molecule has 0 amide bonds. The molecule has 0 fully saturated rings. The van der Waals surface area contributed by atoms with Crippen LogP contribution in [0, 0.1) is 0 Å². The maximum absolute atomic E-state index is 12.0. The smallest absolute Gasteiger partial charge is 0.394 e. The van der Waals surface area contributed by atoms with Crippen LogP contribution in [0.1, 0.15) is 19.8 Å². The maximum atomic E-state index is 12.0. The van der Waals surface area contributed by atoms with Gasteiger partial charge < -0.3 is 15.6 Å². The van der Waals surface area contributed by atoms with Gasteiger partial charge in [0.05, 0.1) is 6.61 Å². The zero-order valence-electron chi connectivity index (χ0n) is 9.61. The third-order valence-electron chi connectivity index (χ3n) is 2.13. The second-order valence-corrected chi connectivity index (χ2v) is 4.25. The van der Waals surface area contributed by atoms with Gasteiger partial charge in [-0.25, -0.2) is 0 Å². The fourth-order valence-corrected chi connectivity index (χ4v) is 1.13. The molecule has 0 aromatic heterocycles. The standard InChI is InChI=1S/C9H15F6NO2/c1-7(16,5-17)3-2-4-18-6(8(10,11)12)9(13,14)15/h6,17H,2-5,16H2,1H3. The summed E-state index contributed by atoms with van der Waals surface area (Å²) < 4.78 is 76.0. The largest absolute Gasteiger partial charge is 0.423 e. The lowest BCUT2D eigenvalue weighted by Crippen LogP contribution is -2.45. The first kappa shape index (κ1) is 17.5. The molecular formula is C9H15F6NO2. The average molecular weight is 283 g/mol. The molecule has 0 aliphatic heterocycles. The third kappa shape index (κ3) is 6.41. The van der Waals surface area contributed by atoms with Crippen LogP contribution in [0.5, 0.6) is 0 Å². The minimum atomic E-state index is -5.50. The minimum absolute atomic E-state index is 0.0476. The predicted molar refractivity (Wildman–Crippen MR) is 50.8 cm³/mol. The molecule has 9 heteroatoms. The van der Waals surface area contributed by atoms with Gasteiger partial charge in [-0.05, 0) is 19.8 Å². The molecule has 0 radical (unpaired) electrons. The Bertz CT molecular complexity index is 236. The van der Waals surface area contributed by atoms with Gasteiger partial charge in [-0.15, -0.1) is 0 Å². The maximum Gasteiger partial charge on any atom is 0.423 e.